The second-order valence-corrected chi connectivity index (χ2v) is 3.36. The van der Waals surface area contributed by atoms with Gasteiger partial charge in [0.1, 0.15) is 0 Å². The van der Waals surface area contributed by atoms with Crippen molar-refractivity contribution in [1.29, 1.82) is 0 Å². The summed E-state index contributed by atoms with van der Waals surface area (Å²) < 4.78 is 5.09. The van der Waals surface area contributed by atoms with E-state index in [9.17, 15) is 0 Å². The third-order valence-electron chi connectivity index (χ3n) is 2.34. The molecule has 0 aliphatic rings. The molecule has 80 valence electrons. The van der Waals surface area contributed by atoms with Crippen LogP contribution in [-0.2, 0) is 4.74 Å². The van der Waals surface area contributed by atoms with E-state index in [4.69, 9.17) is 4.74 Å². The molecule has 0 spiro atoms. The largest absolute Gasteiger partial charge is 0.383 e. The van der Waals surface area contributed by atoms with Crippen LogP contribution in [0.5, 0.6) is 0 Å². The maximum atomic E-state index is 5.09. The van der Waals surface area contributed by atoms with E-state index in [1.54, 1.807) is 7.11 Å². The summed E-state index contributed by atoms with van der Waals surface area (Å²) in [5.41, 5.74) is 6.62. The third kappa shape index (κ3) is 6.02. The minimum Gasteiger partial charge on any atom is -0.383 e. The molecule has 0 amide bonds. The molecule has 0 aromatic rings. The van der Waals surface area contributed by atoms with Crippen LogP contribution < -0.4 is 10.9 Å². The summed E-state index contributed by atoms with van der Waals surface area (Å²) in [7, 11) is 1.74. The average molecular weight is 188 g/mol. The van der Waals surface area contributed by atoms with Crippen molar-refractivity contribution in [3.8, 4) is 0 Å². The lowest BCUT2D eigenvalue weighted by Crippen LogP contribution is -2.47. The highest BCUT2D eigenvalue weighted by molar-refractivity contribution is 4.64. The van der Waals surface area contributed by atoms with Crippen LogP contribution in [0.25, 0.3) is 0 Å². The quantitative estimate of drug-likeness (QED) is 0.569. The summed E-state index contributed by atoms with van der Waals surface area (Å²) in [6.07, 6.45) is 3.40. The number of hydrazine groups is 1. The Hall–Kier alpha value is -0.120. The van der Waals surface area contributed by atoms with Crippen molar-refractivity contribution in [3.05, 3.63) is 0 Å². The zero-order valence-electron chi connectivity index (χ0n) is 9.39. The number of rotatable bonds is 8. The van der Waals surface area contributed by atoms with Gasteiger partial charge in [-0.15, -0.1) is 0 Å². The van der Waals surface area contributed by atoms with Gasteiger partial charge in [0.2, 0.25) is 0 Å². The molecule has 0 aliphatic heterocycles. The van der Waals surface area contributed by atoms with Gasteiger partial charge in [-0.25, -0.2) is 0 Å². The highest BCUT2D eigenvalue weighted by Gasteiger charge is 2.07. The topological polar surface area (TPSA) is 33.3 Å². The molecule has 0 radical (unpaired) electrons. The summed E-state index contributed by atoms with van der Waals surface area (Å²) >= 11 is 0. The normalized spacial score (nSPS) is 13.6. The number of methoxy groups -OCH3 is 1. The molecule has 0 aromatic heterocycles. The van der Waals surface area contributed by atoms with Gasteiger partial charge in [-0.05, 0) is 19.3 Å². The molecular formula is C10H24N2O. The van der Waals surface area contributed by atoms with Gasteiger partial charge in [0.15, 0.2) is 0 Å². The molecular weight excluding hydrogens is 164 g/mol. The van der Waals surface area contributed by atoms with Gasteiger partial charge in [-0.1, -0.05) is 20.8 Å². The summed E-state index contributed by atoms with van der Waals surface area (Å²) in [4.78, 5) is 0. The molecule has 0 bridgehead atoms. The van der Waals surface area contributed by atoms with Crippen LogP contribution in [0.15, 0.2) is 0 Å². The molecule has 13 heavy (non-hydrogen) atoms. The van der Waals surface area contributed by atoms with Gasteiger partial charge < -0.3 is 4.74 Å². The van der Waals surface area contributed by atoms with Crippen LogP contribution in [0.2, 0.25) is 0 Å². The molecule has 0 rings (SSSR count). The van der Waals surface area contributed by atoms with Crippen molar-refractivity contribution >= 4 is 0 Å². The smallest absolute Gasteiger partial charge is 0.0629 e. The second-order valence-electron chi connectivity index (χ2n) is 3.36. The lowest BCUT2D eigenvalue weighted by Gasteiger charge is -2.21. The van der Waals surface area contributed by atoms with Crippen LogP contribution in [0, 0.1) is 0 Å². The lowest BCUT2D eigenvalue weighted by atomic mass is 10.2. The fraction of sp³-hybridized carbons (Fsp3) is 1.00. The molecule has 0 saturated heterocycles. The van der Waals surface area contributed by atoms with Crippen molar-refractivity contribution in [2.24, 2.45) is 0 Å². The highest BCUT2D eigenvalue weighted by atomic mass is 16.5. The maximum Gasteiger partial charge on any atom is 0.0629 e. The highest BCUT2D eigenvalue weighted by Crippen LogP contribution is 1.95. The van der Waals surface area contributed by atoms with Crippen molar-refractivity contribution in [3.63, 3.8) is 0 Å². The number of ether oxygens (including phenoxy) is 1. The van der Waals surface area contributed by atoms with Gasteiger partial charge in [0.25, 0.3) is 0 Å². The van der Waals surface area contributed by atoms with Crippen LogP contribution in [0.3, 0.4) is 0 Å². The average Bonchev–Trinajstić information content (AvgIpc) is 2.17. The molecule has 0 aromatic carbocycles. The Morgan fingerprint density at radius 2 is 1.38 bits per heavy atom. The zero-order chi connectivity index (χ0) is 10.1. The van der Waals surface area contributed by atoms with Crippen LogP contribution in [-0.4, -0.2) is 25.8 Å². The molecule has 1 atom stereocenters. The zero-order valence-corrected chi connectivity index (χ0v) is 9.39. The summed E-state index contributed by atoms with van der Waals surface area (Å²) in [6, 6.07) is 0.997. The Morgan fingerprint density at radius 1 is 0.923 bits per heavy atom. The predicted molar refractivity (Wildman–Crippen MR) is 56.6 cm³/mol. The number of hydrogen-bond donors (Lipinski definition) is 2. The van der Waals surface area contributed by atoms with E-state index in [0.29, 0.717) is 12.1 Å². The maximum absolute atomic E-state index is 5.09. The summed E-state index contributed by atoms with van der Waals surface area (Å²) in [5, 5.41) is 0. The first-order valence-corrected chi connectivity index (χ1v) is 5.28. The van der Waals surface area contributed by atoms with Gasteiger partial charge in [-0.3, -0.25) is 10.9 Å². The molecule has 0 heterocycles. The van der Waals surface area contributed by atoms with Crippen LogP contribution in [0.1, 0.15) is 40.0 Å². The first-order valence-electron chi connectivity index (χ1n) is 5.28. The van der Waals surface area contributed by atoms with E-state index in [1.165, 1.54) is 0 Å². The molecule has 0 fully saturated rings. The Labute approximate surface area is 82.2 Å². The molecule has 0 saturated carbocycles. The van der Waals surface area contributed by atoms with Crippen molar-refractivity contribution in [2.75, 3.05) is 13.7 Å². The van der Waals surface area contributed by atoms with Crippen LogP contribution >= 0.6 is 0 Å². The SMILES string of the molecule is CCC(CC)NNC(CC)COC. The van der Waals surface area contributed by atoms with Gasteiger partial charge >= 0.3 is 0 Å². The first kappa shape index (κ1) is 12.9. The van der Waals surface area contributed by atoms with Gasteiger partial charge in [-0.2, -0.15) is 0 Å². The van der Waals surface area contributed by atoms with Crippen molar-refractivity contribution in [1.82, 2.24) is 10.9 Å². The minimum atomic E-state index is 0.422. The van der Waals surface area contributed by atoms with E-state index < -0.39 is 0 Å². The Bertz CT molecular complexity index is 105. The van der Waals surface area contributed by atoms with Crippen molar-refractivity contribution < 1.29 is 4.74 Å². The third-order valence-corrected chi connectivity index (χ3v) is 2.34. The van der Waals surface area contributed by atoms with E-state index in [1.807, 2.05) is 0 Å². The monoisotopic (exact) mass is 188 g/mol. The number of nitrogens with one attached hydrogen (secondary N) is 2. The fourth-order valence-electron chi connectivity index (χ4n) is 1.19. The van der Waals surface area contributed by atoms with Crippen LogP contribution in [0.4, 0.5) is 0 Å². The summed E-state index contributed by atoms with van der Waals surface area (Å²) in [5.74, 6) is 0. The standard InChI is InChI=1S/C10H24N2O/c1-5-9(6-2)11-12-10(7-3)8-13-4/h9-12H,5-8H2,1-4H3. The molecule has 1 unspecified atom stereocenters. The molecule has 2 N–H and O–H groups in total. The lowest BCUT2D eigenvalue weighted by molar-refractivity contribution is 0.153. The molecule has 0 aliphatic carbocycles. The second kappa shape index (κ2) is 8.48. The molecule has 3 heteroatoms. The fourth-order valence-corrected chi connectivity index (χ4v) is 1.19. The van der Waals surface area contributed by atoms with E-state index in [2.05, 4.69) is 31.6 Å². The predicted octanol–water partition coefficient (Wildman–Crippen LogP) is 1.69. The Balaban J connectivity index is 3.56. The summed E-state index contributed by atoms with van der Waals surface area (Å²) in [6.45, 7) is 7.31. The minimum absolute atomic E-state index is 0.422. The van der Waals surface area contributed by atoms with E-state index >= 15 is 0 Å². The number of hydrogen-bond acceptors (Lipinski definition) is 3. The Kier molecular flexibility index (Phi) is 8.40. The molecule has 3 nitrogen and oxygen atoms in total. The van der Waals surface area contributed by atoms with E-state index in [-0.39, 0.29) is 0 Å². The van der Waals surface area contributed by atoms with Gasteiger partial charge in [0, 0.05) is 19.2 Å². The first-order chi connectivity index (χ1) is 6.28. The Morgan fingerprint density at radius 3 is 1.77 bits per heavy atom. The van der Waals surface area contributed by atoms with Gasteiger partial charge in [0.05, 0.1) is 6.61 Å². The van der Waals surface area contributed by atoms with E-state index in [0.717, 1.165) is 25.9 Å². The van der Waals surface area contributed by atoms with Crippen molar-refractivity contribution in [2.45, 2.75) is 52.1 Å².